The van der Waals surface area contributed by atoms with Crippen molar-refractivity contribution in [3.05, 3.63) is 0 Å². The van der Waals surface area contributed by atoms with Gasteiger partial charge in [0.1, 0.15) is 18.1 Å². The molecule has 31 heavy (non-hydrogen) atoms. The summed E-state index contributed by atoms with van der Waals surface area (Å²) in [4.78, 5) is 59.3. The fraction of sp³-hybridized carbons (Fsp3) is 0.722. The molecule has 0 spiro atoms. The minimum atomic E-state index is -1.41. The number of rotatable bonds is 15. The predicted molar refractivity (Wildman–Crippen MR) is 115 cm³/mol. The molecule has 0 aliphatic carbocycles. The zero-order valence-electron chi connectivity index (χ0n) is 17.9. The van der Waals surface area contributed by atoms with E-state index in [0.29, 0.717) is 5.75 Å². The number of aliphatic carboxylic acids is 1. The number of hydrogen-bond donors (Lipinski definition) is 7. The number of carbonyl (C=O) groups excluding carboxylic acids is 4. The molecule has 0 heterocycles. The summed E-state index contributed by atoms with van der Waals surface area (Å²) in [7, 11) is 0. The molecule has 0 radical (unpaired) electrons. The van der Waals surface area contributed by atoms with E-state index in [9.17, 15) is 34.2 Å². The van der Waals surface area contributed by atoms with Crippen molar-refractivity contribution in [1.29, 1.82) is 0 Å². The third-order valence-electron chi connectivity index (χ3n) is 4.33. The van der Waals surface area contributed by atoms with Crippen LogP contribution < -0.4 is 27.4 Å². The Balaban J connectivity index is 5.16. The first-order valence-corrected chi connectivity index (χ1v) is 11.1. The molecular weight excluding hydrogens is 430 g/mol. The SMILES string of the molecule is CSCCC(NC(=O)C(N)CCC(N)=O)C(=O)NC(CO)C(=O)NC(C(=O)O)C(C)C. The maximum Gasteiger partial charge on any atom is 0.326 e. The molecule has 0 fully saturated rings. The Bertz CT molecular complexity index is 647. The molecule has 9 N–H and O–H groups in total. The van der Waals surface area contributed by atoms with E-state index in [0.717, 1.165) is 0 Å². The summed E-state index contributed by atoms with van der Waals surface area (Å²) >= 11 is 1.43. The van der Waals surface area contributed by atoms with E-state index in [1.54, 1.807) is 20.1 Å². The second-order valence-corrected chi connectivity index (χ2v) is 8.25. The number of primary amides is 1. The average molecular weight is 464 g/mol. The van der Waals surface area contributed by atoms with E-state index < -0.39 is 66.3 Å². The van der Waals surface area contributed by atoms with Gasteiger partial charge >= 0.3 is 5.97 Å². The largest absolute Gasteiger partial charge is 0.480 e. The van der Waals surface area contributed by atoms with E-state index >= 15 is 0 Å². The molecule has 0 rings (SSSR count). The lowest BCUT2D eigenvalue weighted by molar-refractivity contribution is -0.143. The normalized spacial score (nSPS) is 14.8. The Morgan fingerprint density at radius 2 is 1.48 bits per heavy atom. The number of amides is 4. The zero-order valence-corrected chi connectivity index (χ0v) is 18.7. The summed E-state index contributed by atoms with van der Waals surface area (Å²) < 4.78 is 0. The van der Waals surface area contributed by atoms with Crippen LogP contribution in [0.4, 0.5) is 0 Å². The third kappa shape index (κ3) is 11.0. The maximum absolute atomic E-state index is 12.6. The Hall–Kier alpha value is -2.38. The second kappa shape index (κ2) is 14.6. The molecular formula is C18H33N5O7S. The van der Waals surface area contributed by atoms with Gasteiger partial charge < -0.3 is 37.6 Å². The summed E-state index contributed by atoms with van der Waals surface area (Å²) in [6.07, 6.45) is 1.93. The van der Waals surface area contributed by atoms with Crippen LogP contribution in [-0.4, -0.2) is 82.6 Å². The van der Waals surface area contributed by atoms with E-state index in [4.69, 9.17) is 11.5 Å². The minimum absolute atomic E-state index is 0.00544. The van der Waals surface area contributed by atoms with Crippen molar-refractivity contribution in [3.63, 3.8) is 0 Å². The van der Waals surface area contributed by atoms with Gasteiger partial charge in [0.15, 0.2) is 0 Å². The number of carboxylic acid groups (broad SMARTS) is 1. The highest BCUT2D eigenvalue weighted by atomic mass is 32.2. The number of aliphatic hydroxyl groups excluding tert-OH is 1. The average Bonchev–Trinajstić information content (AvgIpc) is 2.69. The summed E-state index contributed by atoms with van der Waals surface area (Å²) in [5, 5.41) is 25.8. The Kier molecular flexibility index (Phi) is 13.5. The van der Waals surface area contributed by atoms with Gasteiger partial charge in [-0.2, -0.15) is 11.8 Å². The van der Waals surface area contributed by atoms with Gasteiger partial charge in [-0.25, -0.2) is 4.79 Å². The van der Waals surface area contributed by atoms with Gasteiger partial charge in [0.05, 0.1) is 12.6 Å². The number of nitrogens with one attached hydrogen (secondary N) is 3. The lowest BCUT2D eigenvalue weighted by atomic mass is 10.0. The first-order valence-electron chi connectivity index (χ1n) is 9.72. The van der Waals surface area contributed by atoms with Crippen molar-refractivity contribution in [2.24, 2.45) is 17.4 Å². The molecule has 0 aromatic carbocycles. The smallest absolute Gasteiger partial charge is 0.326 e. The molecule has 0 bridgehead atoms. The molecule has 4 unspecified atom stereocenters. The molecule has 178 valence electrons. The highest BCUT2D eigenvalue weighted by Crippen LogP contribution is 2.05. The predicted octanol–water partition coefficient (Wildman–Crippen LogP) is -2.48. The van der Waals surface area contributed by atoms with Crippen LogP contribution in [0.3, 0.4) is 0 Å². The summed E-state index contributed by atoms with van der Waals surface area (Å²) in [6, 6.07) is -4.72. The maximum atomic E-state index is 12.6. The van der Waals surface area contributed by atoms with Crippen LogP contribution in [0, 0.1) is 5.92 Å². The summed E-state index contributed by atoms with van der Waals surface area (Å²) in [5.74, 6) is -4.07. The van der Waals surface area contributed by atoms with Crippen molar-refractivity contribution in [1.82, 2.24) is 16.0 Å². The van der Waals surface area contributed by atoms with Crippen LogP contribution in [0.5, 0.6) is 0 Å². The number of nitrogens with two attached hydrogens (primary N) is 2. The second-order valence-electron chi connectivity index (χ2n) is 7.27. The molecule has 0 saturated carbocycles. The van der Waals surface area contributed by atoms with Crippen molar-refractivity contribution in [2.45, 2.75) is 57.3 Å². The Labute approximate surface area is 185 Å². The van der Waals surface area contributed by atoms with Gasteiger partial charge in [0, 0.05) is 6.42 Å². The van der Waals surface area contributed by atoms with Crippen LogP contribution in [-0.2, 0) is 24.0 Å². The quantitative estimate of drug-likeness (QED) is 0.137. The zero-order chi connectivity index (χ0) is 24.1. The van der Waals surface area contributed by atoms with Gasteiger partial charge in [-0.15, -0.1) is 0 Å². The first kappa shape index (κ1) is 28.6. The van der Waals surface area contributed by atoms with E-state index in [1.807, 2.05) is 0 Å². The lowest BCUT2D eigenvalue weighted by Gasteiger charge is -2.25. The van der Waals surface area contributed by atoms with Crippen molar-refractivity contribution < 1.29 is 34.2 Å². The van der Waals surface area contributed by atoms with Gasteiger partial charge in [0.25, 0.3) is 0 Å². The number of hydrogen-bond acceptors (Lipinski definition) is 8. The highest BCUT2D eigenvalue weighted by Gasteiger charge is 2.30. The van der Waals surface area contributed by atoms with Crippen molar-refractivity contribution in [3.8, 4) is 0 Å². The fourth-order valence-corrected chi connectivity index (χ4v) is 2.92. The van der Waals surface area contributed by atoms with Gasteiger partial charge in [-0.05, 0) is 30.8 Å². The van der Waals surface area contributed by atoms with Gasteiger partial charge in [-0.3, -0.25) is 19.2 Å². The van der Waals surface area contributed by atoms with Gasteiger partial charge in [-0.1, -0.05) is 13.8 Å². The van der Waals surface area contributed by atoms with Crippen LogP contribution in [0.2, 0.25) is 0 Å². The number of thioether (sulfide) groups is 1. The molecule has 0 aromatic rings. The molecule has 0 aromatic heterocycles. The molecule has 0 aliphatic rings. The van der Waals surface area contributed by atoms with Crippen molar-refractivity contribution in [2.75, 3.05) is 18.6 Å². The summed E-state index contributed by atoms with van der Waals surface area (Å²) in [5.41, 5.74) is 10.7. The Morgan fingerprint density at radius 1 is 0.935 bits per heavy atom. The molecule has 12 nitrogen and oxygen atoms in total. The topological polar surface area (TPSA) is 214 Å². The minimum Gasteiger partial charge on any atom is -0.480 e. The third-order valence-corrected chi connectivity index (χ3v) is 4.97. The Morgan fingerprint density at radius 3 is 1.94 bits per heavy atom. The highest BCUT2D eigenvalue weighted by molar-refractivity contribution is 7.98. The first-order chi connectivity index (χ1) is 14.4. The molecule has 0 aliphatic heterocycles. The van der Waals surface area contributed by atoms with E-state index in [1.165, 1.54) is 11.8 Å². The van der Waals surface area contributed by atoms with E-state index in [-0.39, 0.29) is 19.3 Å². The number of aliphatic hydroxyl groups is 1. The molecule has 13 heteroatoms. The van der Waals surface area contributed by atoms with E-state index in [2.05, 4.69) is 16.0 Å². The van der Waals surface area contributed by atoms with Crippen LogP contribution in [0.15, 0.2) is 0 Å². The van der Waals surface area contributed by atoms with Gasteiger partial charge in [0.2, 0.25) is 23.6 Å². The van der Waals surface area contributed by atoms with Crippen molar-refractivity contribution >= 4 is 41.4 Å². The van der Waals surface area contributed by atoms with Crippen LogP contribution >= 0.6 is 11.8 Å². The fourth-order valence-electron chi connectivity index (χ4n) is 2.45. The number of carboxylic acids is 1. The summed E-state index contributed by atoms with van der Waals surface area (Å²) in [6.45, 7) is 2.42. The number of carbonyl (C=O) groups is 5. The van der Waals surface area contributed by atoms with Crippen LogP contribution in [0.25, 0.3) is 0 Å². The van der Waals surface area contributed by atoms with Crippen LogP contribution in [0.1, 0.15) is 33.1 Å². The molecule has 4 atom stereocenters. The monoisotopic (exact) mass is 463 g/mol. The molecule has 4 amide bonds. The lowest BCUT2D eigenvalue weighted by Crippen LogP contribution is -2.58. The standard InChI is InChI=1S/C18H33N5O7S/c1-9(2)14(18(29)30)23-17(28)12(8-24)22-16(27)11(6-7-31-3)21-15(26)10(19)4-5-13(20)25/h9-12,14,24H,4-8,19H2,1-3H3,(H2,20,25)(H,21,26)(H,22,27)(H,23,28)(H,29,30). The molecule has 0 saturated heterocycles.